The fraction of sp³-hybridized carbons (Fsp3) is 0.773. The molecule has 1 amide bonds. The summed E-state index contributed by atoms with van der Waals surface area (Å²) in [5.41, 5.74) is 0.825. The van der Waals surface area contributed by atoms with Crippen LogP contribution in [0.4, 0.5) is 0 Å². The minimum absolute atomic E-state index is 0.0105. The van der Waals surface area contributed by atoms with E-state index in [1.165, 1.54) is 32.7 Å². The lowest BCUT2D eigenvalue weighted by Gasteiger charge is -2.49. The van der Waals surface area contributed by atoms with Gasteiger partial charge in [0.1, 0.15) is 0 Å². The minimum Gasteiger partial charge on any atom is -0.375 e. The average molecular weight is 406 g/mol. The summed E-state index contributed by atoms with van der Waals surface area (Å²) in [4.78, 5) is 20.0. The van der Waals surface area contributed by atoms with Crippen LogP contribution in [0.3, 0.4) is 0 Å². The van der Waals surface area contributed by atoms with Crippen LogP contribution in [0.5, 0.6) is 0 Å². The summed E-state index contributed by atoms with van der Waals surface area (Å²) >= 11 is 1.59. The highest BCUT2D eigenvalue weighted by molar-refractivity contribution is 7.08. The fourth-order valence-corrected chi connectivity index (χ4v) is 5.81. The number of piperazine rings is 1. The number of hydrogen-bond acceptors (Lipinski definition) is 5. The molecule has 1 spiro atoms. The van der Waals surface area contributed by atoms with Crippen molar-refractivity contribution < 1.29 is 9.53 Å². The maximum atomic E-state index is 12.6. The maximum absolute atomic E-state index is 12.6. The van der Waals surface area contributed by atoms with E-state index in [1.807, 2.05) is 21.7 Å². The largest absolute Gasteiger partial charge is 0.375 e. The maximum Gasteiger partial charge on any atom is 0.254 e. The normalized spacial score (nSPS) is 26.8. The van der Waals surface area contributed by atoms with Crippen LogP contribution in [0.15, 0.2) is 16.8 Å². The lowest BCUT2D eigenvalue weighted by atomic mass is 9.81. The number of carbonyl (C=O) groups is 1. The van der Waals surface area contributed by atoms with Gasteiger partial charge in [-0.2, -0.15) is 11.3 Å². The van der Waals surface area contributed by atoms with Crippen molar-refractivity contribution in [1.29, 1.82) is 0 Å². The quantitative estimate of drug-likeness (QED) is 0.771. The molecule has 3 saturated heterocycles. The standard InChI is InChI=1S/C22H35N3O2S/c1-18(2)16-23-9-11-24(12-10-23)20-3-13-27-22(15-20)5-7-25(8-6-22)21(26)19-4-14-28-17-19/h4,14,17-18,20H,3,5-13,15-16H2,1-2H3/t20-/m1/s1. The van der Waals surface area contributed by atoms with Gasteiger partial charge in [-0.05, 0) is 43.0 Å². The number of carbonyl (C=O) groups excluding carboxylic acids is 1. The summed E-state index contributed by atoms with van der Waals surface area (Å²) in [6, 6.07) is 2.58. The van der Waals surface area contributed by atoms with Crippen LogP contribution in [0.1, 0.15) is 49.9 Å². The Kier molecular flexibility index (Phi) is 6.40. The molecule has 0 unspecified atom stereocenters. The molecule has 0 N–H and O–H groups in total. The molecule has 6 heteroatoms. The molecular weight excluding hydrogens is 370 g/mol. The molecule has 156 valence electrons. The van der Waals surface area contributed by atoms with Gasteiger partial charge in [-0.1, -0.05) is 13.8 Å². The summed E-state index contributed by atoms with van der Waals surface area (Å²) in [6.07, 6.45) is 4.25. The fourth-order valence-electron chi connectivity index (χ4n) is 5.18. The van der Waals surface area contributed by atoms with Gasteiger partial charge in [0, 0.05) is 63.8 Å². The smallest absolute Gasteiger partial charge is 0.254 e. The van der Waals surface area contributed by atoms with Crippen LogP contribution < -0.4 is 0 Å². The Morgan fingerprint density at radius 3 is 2.61 bits per heavy atom. The second kappa shape index (κ2) is 8.82. The Morgan fingerprint density at radius 2 is 1.96 bits per heavy atom. The molecule has 1 atom stereocenters. The molecule has 0 aliphatic carbocycles. The van der Waals surface area contributed by atoms with Crippen LogP contribution in [0.2, 0.25) is 0 Å². The molecule has 28 heavy (non-hydrogen) atoms. The first-order valence-electron chi connectivity index (χ1n) is 11.0. The first kappa shape index (κ1) is 20.3. The predicted molar refractivity (Wildman–Crippen MR) is 114 cm³/mol. The predicted octanol–water partition coefficient (Wildman–Crippen LogP) is 3.18. The van der Waals surface area contributed by atoms with E-state index in [9.17, 15) is 4.79 Å². The first-order valence-corrected chi connectivity index (χ1v) is 11.9. The Labute approximate surface area is 173 Å². The molecule has 0 aromatic carbocycles. The summed E-state index contributed by atoms with van der Waals surface area (Å²) in [5.74, 6) is 0.935. The van der Waals surface area contributed by atoms with Crippen molar-refractivity contribution in [3.63, 3.8) is 0 Å². The van der Waals surface area contributed by atoms with Crippen molar-refractivity contribution in [2.24, 2.45) is 5.92 Å². The number of thiophene rings is 1. The second-order valence-electron chi connectivity index (χ2n) is 9.21. The van der Waals surface area contributed by atoms with Gasteiger partial charge in [0.15, 0.2) is 0 Å². The lowest BCUT2D eigenvalue weighted by Crippen LogP contribution is -2.57. The van der Waals surface area contributed by atoms with Gasteiger partial charge in [0.05, 0.1) is 11.2 Å². The Hall–Kier alpha value is -0.950. The number of nitrogens with zero attached hydrogens (tertiary/aromatic N) is 3. The molecular formula is C22H35N3O2S. The molecule has 4 rings (SSSR count). The number of rotatable bonds is 4. The number of amides is 1. The van der Waals surface area contributed by atoms with Crippen molar-refractivity contribution in [3.8, 4) is 0 Å². The SMILES string of the molecule is CC(C)CN1CCN([C@@H]2CCOC3(CCN(C(=O)c4ccsc4)CC3)C2)CC1. The van der Waals surface area contributed by atoms with E-state index in [0.29, 0.717) is 6.04 Å². The summed E-state index contributed by atoms with van der Waals surface area (Å²) < 4.78 is 6.35. The minimum atomic E-state index is -0.0105. The molecule has 0 radical (unpaired) electrons. The number of ether oxygens (including phenoxy) is 1. The molecule has 3 fully saturated rings. The molecule has 5 nitrogen and oxygen atoms in total. The number of piperidine rings is 1. The van der Waals surface area contributed by atoms with Crippen molar-refractivity contribution in [2.75, 3.05) is 52.4 Å². The number of likely N-dealkylation sites (tertiary alicyclic amines) is 1. The van der Waals surface area contributed by atoms with Gasteiger partial charge >= 0.3 is 0 Å². The molecule has 4 heterocycles. The van der Waals surface area contributed by atoms with E-state index in [1.54, 1.807) is 11.3 Å². The molecule has 0 saturated carbocycles. The van der Waals surface area contributed by atoms with E-state index < -0.39 is 0 Å². The summed E-state index contributed by atoms with van der Waals surface area (Å²) in [6.45, 7) is 13.1. The van der Waals surface area contributed by atoms with Gasteiger partial charge in [-0.25, -0.2) is 0 Å². The van der Waals surface area contributed by atoms with Crippen LogP contribution in [0, 0.1) is 5.92 Å². The van der Waals surface area contributed by atoms with Crippen LogP contribution in [0.25, 0.3) is 0 Å². The van der Waals surface area contributed by atoms with Crippen molar-refractivity contribution in [3.05, 3.63) is 22.4 Å². The van der Waals surface area contributed by atoms with Crippen molar-refractivity contribution in [2.45, 2.75) is 51.2 Å². The molecule has 3 aliphatic heterocycles. The third-order valence-corrected chi connectivity index (χ3v) is 7.43. The van der Waals surface area contributed by atoms with E-state index in [0.717, 1.165) is 56.9 Å². The van der Waals surface area contributed by atoms with Gasteiger partial charge < -0.3 is 14.5 Å². The molecule has 1 aromatic rings. The topological polar surface area (TPSA) is 36.0 Å². The highest BCUT2D eigenvalue weighted by Crippen LogP contribution is 2.37. The van der Waals surface area contributed by atoms with E-state index >= 15 is 0 Å². The van der Waals surface area contributed by atoms with Gasteiger partial charge in [0.2, 0.25) is 0 Å². The second-order valence-corrected chi connectivity index (χ2v) is 9.99. The Morgan fingerprint density at radius 1 is 1.21 bits per heavy atom. The zero-order valence-electron chi connectivity index (χ0n) is 17.4. The molecule has 3 aliphatic rings. The highest BCUT2D eigenvalue weighted by Gasteiger charge is 2.43. The first-order chi connectivity index (χ1) is 13.5. The van der Waals surface area contributed by atoms with Crippen molar-refractivity contribution >= 4 is 17.2 Å². The summed E-state index contributed by atoms with van der Waals surface area (Å²) in [5, 5.41) is 3.94. The zero-order valence-corrected chi connectivity index (χ0v) is 18.3. The zero-order chi connectivity index (χ0) is 19.6. The van der Waals surface area contributed by atoms with E-state index in [4.69, 9.17) is 4.74 Å². The van der Waals surface area contributed by atoms with E-state index in [-0.39, 0.29) is 11.5 Å². The monoisotopic (exact) mass is 405 g/mol. The number of hydrogen-bond donors (Lipinski definition) is 0. The average Bonchev–Trinajstić information content (AvgIpc) is 3.23. The lowest BCUT2D eigenvalue weighted by molar-refractivity contribution is -0.132. The Bertz CT molecular complexity index is 632. The third kappa shape index (κ3) is 4.61. The van der Waals surface area contributed by atoms with E-state index in [2.05, 4.69) is 23.6 Å². The Balaban J connectivity index is 1.29. The highest BCUT2D eigenvalue weighted by atomic mass is 32.1. The molecule has 0 bridgehead atoms. The van der Waals surface area contributed by atoms with Gasteiger partial charge in [0.25, 0.3) is 5.91 Å². The van der Waals surface area contributed by atoms with Crippen LogP contribution in [-0.2, 0) is 4.74 Å². The third-order valence-electron chi connectivity index (χ3n) is 6.74. The summed E-state index contributed by atoms with van der Waals surface area (Å²) in [7, 11) is 0. The van der Waals surface area contributed by atoms with Gasteiger partial charge in [-0.3, -0.25) is 9.69 Å². The van der Waals surface area contributed by atoms with Crippen molar-refractivity contribution in [1.82, 2.24) is 14.7 Å². The molecule has 1 aromatic heterocycles. The van der Waals surface area contributed by atoms with Crippen LogP contribution in [-0.4, -0.2) is 84.7 Å². The van der Waals surface area contributed by atoms with Gasteiger partial charge in [-0.15, -0.1) is 0 Å². The van der Waals surface area contributed by atoms with Crippen LogP contribution >= 0.6 is 11.3 Å².